The van der Waals surface area contributed by atoms with Gasteiger partial charge in [0.15, 0.2) is 5.78 Å². The molecule has 1 saturated heterocycles. The lowest BCUT2D eigenvalue weighted by molar-refractivity contribution is -0.146. The SMILES string of the molecule is CCc1ccc(-c2ccc(C)cc2)cc1C1=C(O)C2(C)CCC(C)(O2)C1=O. The second-order valence-electron chi connectivity index (χ2n) is 8.21. The number of fused-ring (bicyclic) bond motifs is 2. The average Bonchev–Trinajstić information content (AvgIpc) is 2.96. The van der Waals surface area contributed by atoms with E-state index in [1.807, 2.05) is 19.9 Å². The second kappa shape index (κ2) is 6.07. The fourth-order valence-corrected chi connectivity index (χ4v) is 4.33. The van der Waals surface area contributed by atoms with Crippen LogP contribution in [0, 0.1) is 6.92 Å². The highest BCUT2D eigenvalue weighted by Gasteiger charge is 2.57. The molecular weight excluding hydrogens is 336 g/mol. The molecule has 4 rings (SSSR count). The van der Waals surface area contributed by atoms with E-state index in [9.17, 15) is 9.90 Å². The maximum atomic E-state index is 13.3. The molecule has 2 heterocycles. The van der Waals surface area contributed by atoms with Crippen molar-refractivity contribution in [2.45, 2.75) is 58.2 Å². The van der Waals surface area contributed by atoms with Crippen LogP contribution in [0.2, 0.25) is 0 Å². The molecule has 27 heavy (non-hydrogen) atoms. The molecule has 3 heteroatoms. The van der Waals surface area contributed by atoms with Gasteiger partial charge in [0.25, 0.3) is 0 Å². The van der Waals surface area contributed by atoms with Crippen LogP contribution < -0.4 is 0 Å². The highest BCUT2D eigenvalue weighted by molar-refractivity contribution is 6.26. The number of aryl methyl sites for hydroxylation is 2. The summed E-state index contributed by atoms with van der Waals surface area (Å²) in [5.41, 5.74) is 4.07. The van der Waals surface area contributed by atoms with E-state index in [1.54, 1.807) is 0 Å². The molecule has 2 aromatic rings. The summed E-state index contributed by atoms with van der Waals surface area (Å²) < 4.78 is 5.99. The molecule has 0 aromatic heterocycles. The van der Waals surface area contributed by atoms with E-state index in [4.69, 9.17) is 4.74 Å². The number of ether oxygens (including phenoxy) is 1. The summed E-state index contributed by atoms with van der Waals surface area (Å²) in [5.74, 6) is -0.0241. The van der Waals surface area contributed by atoms with Crippen molar-refractivity contribution in [2.75, 3.05) is 0 Å². The molecule has 2 bridgehead atoms. The maximum Gasteiger partial charge on any atom is 0.198 e. The van der Waals surface area contributed by atoms with E-state index in [0.717, 1.165) is 28.7 Å². The van der Waals surface area contributed by atoms with Gasteiger partial charge in [-0.1, -0.05) is 48.9 Å². The molecule has 2 unspecified atom stereocenters. The lowest BCUT2D eigenvalue weighted by Gasteiger charge is -2.36. The van der Waals surface area contributed by atoms with Gasteiger partial charge in [-0.2, -0.15) is 0 Å². The van der Waals surface area contributed by atoms with Crippen LogP contribution in [-0.2, 0) is 16.0 Å². The van der Waals surface area contributed by atoms with Crippen molar-refractivity contribution in [3.05, 3.63) is 64.9 Å². The molecule has 2 aromatic carbocycles. The molecule has 1 fully saturated rings. The summed E-state index contributed by atoms with van der Waals surface area (Å²) in [4.78, 5) is 13.3. The number of aliphatic hydroxyl groups excluding tert-OH is 1. The van der Waals surface area contributed by atoms with Crippen molar-refractivity contribution < 1.29 is 14.6 Å². The summed E-state index contributed by atoms with van der Waals surface area (Å²) in [6, 6.07) is 14.6. The van der Waals surface area contributed by atoms with E-state index >= 15 is 0 Å². The monoisotopic (exact) mass is 362 g/mol. The molecule has 2 aliphatic rings. The predicted octanol–water partition coefficient (Wildman–Crippen LogP) is 5.40. The predicted molar refractivity (Wildman–Crippen MR) is 108 cm³/mol. The molecular formula is C24H26O3. The van der Waals surface area contributed by atoms with Gasteiger partial charge in [0.05, 0.1) is 5.57 Å². The van der Waals surface area contributed by atoms with Gasteiger partial charge in [-0.3, -0.25) is 4.79 Å². The normalized spacial score (nSPS) is 27.3. The fraction of sp³-hybridized carbons (Fsp3) is 0.375. The topological polar surface area (TPSA) is 46.5 Å². The molecule has 0 radical (unpaired) electrons. The Morgan fingerprint density at radius 2 is 1.63 bits per heavy atom. The third-order valence-electron chi connectivity index (χ3n) is 6.12. The summed E-state index contributed by atoms with van der Waals surface area (Å²) in [5, 5.41) is 11.0. The van der Waals surface area contributed by atoms with Crippen LogP contribution in [0.3, 0.4) is 0 Å². The molecule has 140 valence electrons. The van der Waals surface area contributed by atoms with E-state index in [1.165, 1.54) is 5.56 Å². The highest BCUT2D eigenvalue weighted by Crippen LogP contribution is 2.50. The Morgan fingerprint density at radius 3 is 2.30 bits per heavy atom. The molecule has 0 amide bonds. The van der Waals surface area contributed by atoms with Gasteiger partial charge in [-0.25, -0.2) is 0 Å². The Kier molecular flexibility index (Phi) is 4.04. The first-order valence-corrected chi connectivity index (χ1v) is 9.66. The Balaban J connectivity index is 1.91. The number of hydrogen-bond acceptors (Lipinski definition) is 3. The fourth-order valence-electron chi connectivity index (χ4n) is 4.33. The van der Waals surface area contributed by atoms with Crippen molar-refractivity contribution >= 4 is 11.4 Å². The van der Waals surface area contributed by atoms with Crippen LogP contribution in [0.25, 0.3) is 16.7 Å². The minimum absolute atomic E-state index is 0.0817. The Labute approximate surface area is 160 Å². The summed E-state index contributed by atoms with van der Waals surface area (Å²) >= 11 is 0. The van der Waals surface area contributed by atoms with Crippen LogP contribution in [0.4, 0.5) is 0 Å². The van der Waals surface area contributed by atoms with Crippen molar-refractivity contribution in [3.8, 4) is 11.1 Å². The molecule has 0 saturated carbocycles. The molecule has 1 N–H and O–H groups in total. The highest BCUT2D eigenvalue weighted by atomic mass is 16.5. The van der Waals surface area contributed by atoms with Crippen molar-refractivity contribution in [2.24, 2.45) is 0 Å². The first-order valence-electron chi connectivity index (χ1n) is 9.66. The third-order valence-corrected chi connectivity index (χ3v) is 6.12. The van der Waals surface area contributed by atoms with Gasteiger partial charge in [-0.05, 0) is 68.4 Å². The second-order valence-corrected chi connectivity index (χ2v) is 8.21. The van der Waals surface area contributed by atoms with E-state index in [0.29, 0.717) is 18.4 Å². The minimum atomic E-state index is -0.846. The Hall–Kier alpha value is -2.39. The number of Topliss-reactive ketones (excluding diaryl/α,β-unsaturated/α-hetero) is 1. The number of rotatable bonds is 3. The Morgan fingerprint density at radius 1 is 1.00 bits per heavy atom. The zero-order valence-corrected chi connectivity index (χ0v) is 16.4. The Bertz CT molecular complexity index is 954. The molecule has 0 spiro atoms. The quantitative estimate of drug-likeness (QED) is 0.795. The van der Waals surface area contributed by atoms with Crippen LogP contribution in [0.15, 0.2) is 48.2 Å². The largest absolute Gasteiger partial charge is 0.508 e. The molecule has 2 aliphatic heterocycles. The molecule has 2 atom stereocenters. The van der Waals surface area contributed by atoms with Gasteiger partial charge in [0.2, 0.25) is 0 Å². The maximum absolute atomic E-state index is 13.3. The van der Waals surface area contributed by atoms with Gasteiger partial charge in [0.1, 0.15) is 17.0 Å². The lowest BCUT2D eigenvalue weighted by Crippen LogP contribution is -2.45. The van der Waals surface area contributed by atoms with Crippen LogP contribution >= 0.6 is 0 Å². The minimum Gasteiger partial charge on any atom is -0.508 e. The summed E-state index contributed by atoms with van der Waals surface area (Å²) in [6.07, 6.45) is 2.08. The van der Waals surface area contributed by atoms with Gasteiger partial charge < -0.3 is 9.84 Å². The number of hydrogen-bond donors (Lipinski definition) is 1. The lowest BCUT2D eigenvalue weighted by atomic mass is 9.83. The molecule has 3 nitrogen and oxygen atoms in total. The van der Waals surface area contributed by atoms with Crippen LogP contribution in [-0.4, -0.2) is 22.1 Å². The number of carbonyl (C=O) groups is 1. The number of benzene rings is 2. The van der Waals surface area contributed by atoms with E-state index in [-0.39, 0.29) is 11.5 Å². The number of carbonyl (C=O) groups excluding carboxylic acids is 1. The first-order chi connectivity index (χ1) is 12.8. The summed E-state index contributed by atoms with van der Waals surface area (Å²) in [6.45, 7) is 7.87. The number of ketones is 1. The van der Waals surface area contributed by atoms with Gasteiger partial charge in [0, 0.05) is 0 Å². The van der Waals surface area contributed by atoms with Crippen molar-refractivity contribution in [3.63, 3.8) is 0 Å². The van der Waals surface area contributed by atoms with Gasteiger partial charge >= 0.3 is 0 Å². The average molecular weight is 362 g/mol. The van der Waals surface area contributed by atoms with Crippen molar-refractivity contribution in [1.29, 1.82) is 0 Å². The standard InChI is InChI=1S/C24H26O3/c1-5-16-10-11-18(17-8-6-15(2)7-9-17)14-19(16)20-21(25)23(3)12-13-24(4,27-23)22(20)26/h6-11,14,25H,5,12-13H2,1-4H3. The first kappa shape index (κ1) is 18.0. The van der Waals surface area contributed by atoms with Crippen LogP contribution in [0.5, 0.6) is 0 Å². The smallest absolute Gasteiger partial charge is 0.198 e. The zero-order chi connectivity index (χ0) is 19.4. The number of aliphatic hydroxyl groups is 1. The van der Waals surface area contributed by atoms with E-state index < -0.39 is 11.2 Å². The van der Waals surface area contributed by atoms with Crippen LogP contribution in [0.1, 0.15) is 50.3 Å². The summed E-state index contributed by atoms with van der Waals surface area (Å²) in [7, 11) is 0. The zero-order valence-electron chi connectivity index (χ0n) is 16.4. The van der Waals surface area contributed by atoms with E-state index in [2.05, 4.69) is 50.2 Å². The third kappa shape index (κ3) is 2.72. The van der Waals surface area contributed by atoms with Crippen molar-refractivity contribution in [1.82, 2.24) is 0 Å². The molecule has 0 aliphatic carbocycles. The van der Waals surface area contributed by atoms with Gasteiger partial charge in [-0.15, -0.1) is 0 Å².